The van der Waals surface area contributed by atoms with Crippen LogP contribution in [0, 0.1) is 18.3 Å². The molecule has 16 heavy (non-hydrogen) atoms. The molecule has 0 aromatic rings. The third-order valence-corrected chi connectivity index (χ3v) is 3.65. The van der Waals surface area contributed by atoms with Crippen LogP contribution in [0.2, 0.25) is 0 Å². The van der Waals surface area contributed by atoms with Crippen LogP contribution in [0.4, 0.5) is 0 Å². The highest BCUT2D eigenvalue weighted by Crippen LogP contribution is 2.37. The van der Waals surface area contributed by atoms with E-state index in [-0.39, 0.29) is 11.6 Å². The second kappa shape index (κ2) is 6.27. The topological polar surface area (TPSA) is 21.3 Å². The van der Waals surface area contributed by atoms with E-state index in [1.54, 1.807) is 0 Å². The summed E-state index contributed by atoms with van der Waals surface area (Å²) in [5.41, 5.74) is -0.119. The first kappa shape index (κ1) is 13.5. The maximum absolute atomic E-state index is 6.02. The van der Waals surface area contributed by atoms with Gasteiger partial charge in [0.25, 0.3) is 0 Å². The molecule has 1 N–H and O–H groups in total. The lowest BCUT2D eigenvalue weighted by molar-refractivity contribution is -0.0840. The van der Waals surface area contributed by atoms with E-state index in [2.05, 4.69) is 32.0 Å². The minimum atomic E-state index is -0.119. The van der Waals surface area contributed by atoms with Gasteiger partial charge in [-0.15, -0.1) is 6.42 Å². The fraction of sp³-hybridized carbons (Fsp3) is 0.857. The number of rotatable bonds is 5. The zero-order valence-corrected chi connectivity index (χ0v) is 10.9. The summed E-state index contributed by atoms with van der Waals surface area (Å²) >= 11 is 0. The summed E-state index contributed by atoms with van der Waals surface area (Å²) in [5.74, 6) is 3.69. The van der Waals surface area contributed by atoms with Crippen molar-refractivity contribution < 1.29 is 4.74 Å². The molecule has 0 radical (unpaired) electrons. The van der Waals surface area contributed by atoms with Gasteiger partial charge >= 0.3 is 0 Å². The zero-order chi connectivity index (χ0) is 12.0. The minimum absolute atomic E-state index is 0.0601. The van der Waals surface area contributed by atoms with Crippen molar-refractivity contribution in [1.29, 1.82) is 0 Å². The molecular weight excluding hydrogens is 198 g/mol. The average Bonchev–Trinajstić information content (AvgIpc) is 2.30. The lowest BCUT2D eigenvalue weighted by atomic mass is 9.75. The lowest BCUT2D eigenvalue weighted by Crippen LogP contribution is -2.53. The van der Waals surface area contributed by atoms with Crippen molar-refractivity contribution in [1.82, 2.24) is 5.32 Å². The zero-order valence-electron chi connectivity index (χ0n) is 10.9. The van der Waals surface area contributed by atoms with Crippen molar-refractivity contribution in [3.8, 4) is 12.3 Å². The van der Waals surface area contributed by atoms with Crippen LogP contribution >= 0.6 is 0 Å². The lowest BCUT2D eigenvalue weighted by Gasteiger charge is -2.43. The molecule has 92 valence electrons. The highest BCUT2D eigenvalue weighted by atomic mass is 16.5. The van der Waals surface area contributed by atoms with Crippen LogP contribution in [0.25, 0.3) is 0 Å². The summed E-state index contributed by atoms with van der Waals surface area (Å²) in [5, 5.41) is 3.38. The highest BCUT2D eigenvalue weighted by molar-refractivity contribution is 5.11. The molecule has 0 spiro atoms. The predicted molar refractivity (Wildman–Crippen MR) is 68.3 cm³/mol. The number of terminal acetylenes is 1. The normalized spacial score (nSPS) is 32.0. The number of nitrogens with one attached hydrogen (secondary N) is 1. The first-order valence-electron chi connectivity index (χ1n) is 6.52. The van der Waals surface area contributed by atoms with Crippen LogP contribution in [0.5, 0.6) is 0 Å². The van der Waals surface area contributed by atoms with E-state index in [0.29, 0.717) is 0 Å². The van der Waals surface area contributed by atoms with E-state index in [0.717, 1.165) is 31.9 Å². The van der Waals surface area contributed by atoms with Crippen LogP contribution < -0.4 is 5.32 Å². The Kier molecular flexibility index (Phi) is 5.31. The Labute approximate surface area is 100 Å². The molecule has 0 bridgehead atoms. The molecule has 0 aromatic carbocycles. The first-order chi connectivity index (χ1) is 7.68. The van der Waals surface area contributed by atoms with Crippen molar-refractivity contribution in [2.45, 2.75) is 58.1 Å². The molecule has 0 heterocycles. The van der Waals surface area contributed by atoms with Crippen molar-refractivity contribution in [2.75, 3.05) is 13.2 Å². The summed E-state index contributed by atoms with van der Waals surface area (Å²) in [6.07, 6.45) is 10.3. The highest BCUT2D eigenvalue weighted by Gasteiger charge is 2.40. The summed E-state index contributed by atoms with van der Waals surface area (Å²) < 4.78 is 6.02. The third-order valence-electron chi connectivity index (χ3n) is 3.65. The van der Waals surface area contributed by atoms with Crippen LogP contribution in [0.3, 0.4) is 0 Å². The second-order valence-corrected chi connectivity index (χ2v) is 4.84. The summed E-state index contributed by atoms with van der Waals surface area (Å²) in [6, 6.07) is 0.0601. The van der Waals surface area contributed by atoms with E-state index >= 15 is 0 Å². The van der Waals surface area contributed by atoms with Gasteiger partial charge in [0.15, 0.2) is 0 Å². The smallest absolute Gasteiger partial charge is 0.0981 e. The van der Waals surface area contributed by atoms with Crippen molar-refractivity contribution in [3.63, 3.8) is 0 Å². The fourth-order valence-corrected chi connectivity index (χ4v) is 2.66. The van der Waals surface area contributed by atoms with Gasteiger partial charge in [0.1, 0.15) is 0 Å². The van der Waals surface area contributed by atoms with Crippen molar-refractivity contribution >= 4 is 0 Å². The quantitative estimate of drug-likeness (QED) is 0.723. The summed E-state index contributed by atoms with van der Waals surface area (Å²) in [6.45, 7) is 8.11. The van der Waals surface area contributed by atoms with Crippen LogP contribution in [-0.2, 0) is 4.74 Å². The molecule has 1 saturated carbocycles. The first-order valence-corrected chi connectivity index (χ1v) is 6.52. The Morgan fingerprint density at radius 2 is 2.06 bits per heavy atom. The van der Waals surface area contributed by atoms with Gasteiger partial charge in [-0.3, -0.25) is 0 Å². The van der Waals surface area contributed by atoms with Gasteiger partial charge < -0.3 is 10.1 Å². The van der Waals surface area contributed by atoms with Crippen LogP contribution in [-0.4, -0.2) is 24.8 Å². The Morgan fingerprint density at radius 3 is 2.50 bits per heavy atom. The molecular formula is C14H25NO. The third kappa shape index (κ3) is 2.99. The predicted octanol–water partition coefficient (Wildman–Crippen LogP) is 2.58. The van der Waals surface area contributed by atoms with Gasteiger partial charge in [-0.2, -0.15) is 0 Å². The molecule has 1 unspecified atom stereocenters. The minimum Gasteiger partial charge on any atom is -0.373 e. The van der Waals surface area contributed by atoms with Gasteiger partial charge in [-0.1, -0.05) is 19.8 Å². The molecule has 0 aliphatic heterocycles. The molecule has 1 rings (SSSR count). The largest absolute Gasteiger partial charge is 0.373 e. The van der Waals surface area contributed by atoms with Crippen molar-refractivity contribution in [3.05, 3.63) is 0 Å². The Hall–Kier alpha value is -0.520. The molecule has 2 heteroatoms. The monoisotopic (exact) mass is 223 g/mol. The average molecular weight is 223 g/mol. The molecule has 1 fully saturated rings. The Morgan fingerprint density at radius 1 is 1.44 bits per heavy atom. The second-order valence-electron chi connectivity index (χ2n) is 4.84. The number of ether oxygens (including phenoxy) is 1. The van der Waals surface area contributed by atoms with Gasteiger partial charge in [0, 0.05) is 6.61 Å². The molecule has 1 aliphatic rings. The van der Waals surface area contributed by atoms with Gasteiger partial charge in [-0.25, -0.2) is 0 Å². The molecule has 1 aliphatic carbocycles. The number of hydrogen-bond donors (Lipinski definition) is 1. The van der Waals surface area contributed by atoms with E-state index < -0.39 is 0 Å². The van der Waals surface area contributed by atoms with Gasteiger partial charge in [-0.05, 0) is 45.1 Å². The molecule has 1 atom stereocenters. The van der Waals surface area contributed by atoms with E-state index in [1.807, 2.05) is 0 Å². The standard InChI is InChI=1S/C14H25NO/c1-5-13(15-6-2)14(16-7-3)10-8-12(4)9-11-14/h1,12-13,15H,6-11H2,2-4H3. The van der Waals surface area contributed by atoms with Crippen molar-refractivity contribution in [2.24, 2.45) is 5.92 Å². The summed E-state index contributed by atoms with van der Waals surface area (Å²) in [4.78, 5) is 0. The van der Waals surface area contributed by atoms with E-state index in [9.17, 15) is 0 Å². The maximum atomic E-state index is 6.02. The Balaban J connectivity index is 2.75. The fourth-order valence-electron chi connectivity index (χ4n) is 2.66. The SMILES string of the molecule is C#CC(NCC)C1(OCC)CCC(C)CC1. The number of hydrogen-bond acceptors (Lipinski definition) is 2. The van der Waals surface area contributed by atoms with E-state index in [4.69, 9.17) is 11.2 Å². The molecule has 0 saturated heterocycles. The summed E-state index contributed by atoms with van der Waals surface area (Å²) in [7, 11) is 0. The number of likely N-dealkylation sites (N-methyl/N-ethyl adjacent to an activating group) is 1. The van der Waals surface area contributed by atoms with Gasteiger partial charge in [0.05, 0.1) is 11.6 Å². The maximum Gasteiger partial charge on any atom is 0.0981 e. The molecule has 2 nitrogen and oxygen atoms in total. The van der Waals surface area contributed by atoms with E-state index in [1.165, 1.54) is 12.8 Å². The van der Waals surface area contributed by atoms with Gasteiger partial charge in [0.2, 0.25) is 0 Å². The molecule has 0 aromatic heterocycles. The van der Waals surface area contributed by atoms with Crippen LogP contribution in [0.15, 0.2) is 0 Å². The molecule has 0 amide bonds. The Bertz CT molecular complexity index is 236. The van der Waals surface area contributed by atoms with Crippen LogP contribution in [0.1, 0.15) is 46.5 Å².